The van der Waals surface area contributed by atoms with Crippen LogP contribution in [0.2, 0.25) is 0 Å². The molecule has 21 heavy (non-hydrogen) atoms. The summed E-state index contributed by atoms with van der Waals surface area (Å²) in [6, 6.07) is 7.71. The summed E-state index contributed by atoms with van der Waals surface area (Å²) >= 11 is 0. The summed E-state index contributed by atoms with van der Waals surface area (Å²) in [6.07, 6.45) is 5.58. The van der Waals surface area contributed by atoms with E-state index in [9.17, 15) is 15.2 Å². The van der Waals surface area contributed by atoms with Gasteiger partial charge in [-0.25, -0.2) is 0 Å². The third-order valence-corrected chi connectivity index (χ3v) is 4.51. The van der Waals surface area contributed by atoms with E-state index in [-0.39, 0.29) is 0 Å². The molecule has 112 valence electrons. The second-order valence-corrected chi connectivity index (χ2v) is 5.96. The number of hydrogen-bond donors (Lipinski definition) is 2. The number of aryl methyl sites for hydroxylation is 1. The van der Waals surface area contributed by atoms with Gasteiger partial charge in [0, 0.05) is 6.54 Å². The Morgan fingerprint density at radius 2 is 2.00 bits per heavy atom. The monoisotopic (exact) mass is 286 g/mol. The molecule has 0 radical (unpaired) electrons. The normalized spacial score (nSPS) is 17.5. The molecule has 0 aliphatic heterocycles. The maximum Gasteiger partial charge on any atom is 0.311 e. The lowest BCUT2D eigenvalue weighted by atomic mass is 9.80. The van der Waals surface area contributed by atoms with Crippen LogP contribution in [0.1, 0.15) is 49.7 Å². The Morgan fingerprint density at radius 1 is 1.33 bits per heavy atom. The number of carbonyl (C=O) groups is 1. The van der Waals surface area contributed by atoms with E-state index in [1.54, 1.807) is 6.07 Å². The summed E-state index contributed by atoms with van der Waals surface area (Å²) in [5.74, 6) is -0.719. The van der Waals surface area contributed by atoms with Gasteiger partial charge in [-0.05, 0) is 31.4 Å². The highest BCUT2D eigenvalue weighted by atomic mass is 16.4. The number of carboxylic acid groups (broad SMARTS) is 1. The standard InChI is InChI=1S/C17H22N2O2/c1-13-7-6-8-14(11-18)15(13)19-12-17(16(20)21)9-4-2-3-5-10-17/h6-8,19H,2-5,9-10,12H2,1H3,(H,20,21). The molecule has 0 amide bonds. The van der Waals surface area contributed by atoms with Crippen molar-refractivity contribution in [2.45, 2.75) is 45.4 Å². The first-order chi connectivity index (χ1) is 10.1. The van der Waals surface area contributed by atoms with Gasteiger partial charge in [0.05, 0.1) is 16.7 Å². The molecular formula is C17H22N2O2. The van der Waals surface area contributed by atoms with Gasteiger partial charge >= 0.3 is 5.97 Å². The number of rotatable bonds is 4. The molecule has 0 bridgehead atoms. The van der Waals surface area contributed by atoms with Crippen molar-refractivity contribution in [2.24, 2.45) is 5.41 Å². The highest BCUT2D eigenvalue weighted by Crippen LogP contribution is 2.36. The van der Waals surface area contributed by atoms with Gasteiger partial charge in [0.1, 0.15) is 6.07 Å². The SMILES string of the molecule is Cc1cccc(C#N)c1NCC1(C(=O)O)CCCCCC1. The average Bonchev–Trinajstić information content (AvgIpc) is 2.72. The van der Waals surface area contributed by atoms with Gasteiger partial charge in [-0.2, -0.15) is 5.26 Å². The fraction of sp³-hybridized carbons (Fsp3) is 0.529. The number of benzene rings is 1. The Kier molecular flexibility index (Phi) is 4.85. The number of hydrogen-bond acceptors (Lipinski definition) is 3. The van der Waals surface area contributed by atoms with Crippen molar-refractivity contribution in [3.05, 3.63) is 29.3 Å². The second kappa shape index (κ2) is 6.62. The lowest BCUT2D eigenvalue weighted by Gasteiger charge is -2.29. The van der Waals surface area contributed by atoms with E-state index in [1.165, 1.54) is 0 Å². The first kappa shape index (κ1) is 15.4. The van der Waals surface area contributed by atoms with Gasteiger partial charge in [-0.1, -0.05) is 37.8 Å². The summed E-state index contributed by atoms with van der Waals surface area (Å²) in [4.78, 5) is 11.8. The minimum atomic E-state index is -0.719. The summed E-state index contributed by atoms with van der Waals surface area (Å²) in [6.45, 7) is 2.32. The molecule has 1 saturated carbocycles. The molecule has 0 spiro atoms. The lowest BCUT2D eigenvalue weighted by molar-refractivity contribution is -0.149. The fourth-order valence-corrected chi connectivity index (χ4v) is 3.12. The fourth-order valence-electron chi connectivity index (χ4n) is 3.12. The maximum absolute atomic E-state index is 11.8. The predicted molar refractivity (Wildman–Crippen MR) is 82.2 cm³/mol. The largest absolute Gasteiger partial charge is 0.481 e. The quantitative estimate of drug-likeness (QED) is 0.828. The highest BCUT2D eigenvalue weighted by Gasteiger charge is 2.38. The third kappa shape index (κ3) is 3.36. The number of para-hydroxylation sites is 1. The van der Waals surface area contributed by atoms with Crippen LogP contribution in [0.15, 0.2) is 18.2 Å². The van der Waals surface area contributed by atoms with Crippen molar-refractivity contribution in [3.8, 4) is 6.07 Å². The van der Waals surface area contributed by atoms with Crippen molar-refractivity contribution < 1.29 is 9.90 Å². The molecule has 1 aromatic carbocycles. The van der Waals surface area contributed by atoms with Gasteiger partial charge in [0.2, 0.25) is 0 Å². The van der Waals surface area contributed by atoms with Crippen LogP contribution in [0, 0.1) is 23.7 Å². The zero-order valence-corrected chi connectivity index (χ0v) is 12.5. The van der Waals surface area contributed by atoms with Crippen LogP contribution in [0.4, 0.5) is 5.69 Å². The van der Waals surface area contributed by atoms with Crippen molar-refractivity contribution >= 4 is 11.7 Å². The molecule has 2 rings (SSSR count). The molecule has 0 saturated heterocycles. The average molecular weight is 286 g/mol. The van der Waals surface area contributed by atoms with E-state index >= 15 is 0 Å². The van der Waals surface area contributed by atoms with Crippen LogP contribution in [-0.4, -0.2) is 17.6 Å². The summed E-state index contributed by atoms with van der Waals surface area (Å²) in [5.41, 5.74) is 1.61. The Morgan fingerprint density at radius 3 is 2.57 bits per heavy atom. The molecule has 1 aliphatic carbocycles. The minimum Gasteiger partial charge on any atom is -0.481 e. The number of nitrogens with zero attached hydrogens (tertiary/aromatic N) is 1. The molecule has 4 nitrogen and oxygen atoms in total. The molecule has 0 heterocycles. The molecule has 4 heteroatoms. The van der Waals surface area contributed by atoms with E-state index in [2.05, 4.69) is 11.4 Å². The Labute approximate surface area is 125 Å². The Balaban J connectivity index is 2.20. The zero-order valence-electron chi connectivity index (χ0n) is 12.5. The van der Waals surface area contributed by atoms with Crippen LogP contribution in [-0.2, 0) is 4.79 Å². The van der Waals surface area contributed by atoms with Crippen LogP contribution in [0.25, 0.3) is 0 Å². The topological polar surface area (TPSA) is 73.1 Å². The number of carboxylic acids is 1. The third-order valence-electron chi connectivity index (χ3n) is 4.51. The van der Waals surface area contributed by atoms with E-state index in [0.29, 0.717) is 24.9 Å². The van der Waals surface area contributed by atoms with E-state index < -0.39 is 11.4 Å². The zero-order chi connectivity index (χ0) is 15.3. The molecular weight excluding hydrogens is 264 g/mol. The number of anilines is 1. The lowest BCUT2D eigenvalue weighted by Crippen LogP contribution is -2.37. The van der Waals surface area contributed by atoms with Gasteiger partial charge in [-0.15, -0.1) is 0 Å². The van der Waals surface area contributed by atoms with Gasteiger partial charge in [-0.3, -0.25) is 4.79 Å². The first-order valence-electron chi connectivity index (χ1n) is 7.56. The van der Waals surface area contributed by atoms with Gasteiger partial charge in [0.25, 0.3) is 0 Å². The molecule has 2 N–H and O–H groups in total. The highest BCUT2D eigenvalue weighted by molar-refractivity contribution is 5.76. The molecule has 0 atom stereocenters. The molecule has 1 fully saturated rings. The van der Waals surface area contributed by atoms with Crippen molar-refractivity contribution in [2.75, 3.05) is 11.9 Å². The minimum absolute atomic E-state index is 0.391. The second-order valence-electron chi connectivity index (χ2n) is 5.96. The summed E-state index contributed by atoms with van der Waals surface area (Å²) in [7, 11) is 0. The smallest absolute Gasteiger partial charge is 0.311 e. The van der Waals surface area contributed by atoms with Crippen molar-refractivity contribution in [3.63, 3.8) is 0 Å². The van der Waals surface area contributed by atoms with E-state index in [4.69, 9.17) is 0 Å². The van der Waals surface area contributed by atoms with Crippen LogP contribution < -0.4 is 5.32 Å². The number of aliphatic carboxylic acids is 1. The molecule has 1 aliphatic rings. The van der Waals surface area contributed by atoms with E-state index in [1.807, 2.05) is 19.1 Å². The van der Waals surface area contributed by atoms with Crippen LogP contribution >= 0.6 is 0 Å². The van der Waals surface area contributed by atoms with Gasteiger partial charge < -0.3 is 10.4 Å². The van der Waals surface area contributed by atoms with Crippen LogP contribution in [0.3, 0.4) is 0 Å². The van der Waals surface area contributed by atoms with E-state index in [0.717, 1.165) is 36.9 Å². The predicted octanol–water partition coefficient (Wildman–Crippen LogP) is 3.70. The Bertz CT molecular complexity index is 552. The molecule has 1 aromatic rings. The maximum atomic E-state index is 11.8. The number of nitriles is 1. The Hall–Kier alpha value is -2.02. The van der Waals surface area contributed by atoms with Crippen molar-refractivity contribution in [1.29, 1.82) is 5.26 Å². The molecule has 0 aromatic heterocycles. The first-order valence-corrected chi connectivity index (χ1v) is 7.56. The summed E-state index contributed by atoms with van der Waals surface area (Å²) in [5, 5.41) is 22.1. The summed E-state index contributed by atoms with van der Waals surface area (Å²) < 4.78 is 0. The van der Waals surface area contributed by atoms with Gasteiger partial charge in [0.15, 0.2) is 0 Å². The van der Waals surface area contributed by atoms with Crippen LogP contribution in [0.5, 0.6) is 0 Å². The number of nitrogens with one attached hydrogen (secondary N) is 1. The molecule has 0 unspecified atom stereocenters. The van der Waals surface area contributed by atoms with Crippen molar-refractivity contribution in [1.82, 2.24) is 0 Å².